The average Bonchev–Trinajstić information content (AvgIpc) is 3.36. The summed E-state index contributed by atoms with van der Waals surface area (Å²) in [5, 5.41) is 3.43. The molecule has 0 aliphatic rings. The SMILES string of the molecule is c1ccc(-c2cccc(-c3nc(-c4cccc(-c5ccccc5)c4)nc(-c4cccc(-c5cccc6c5ccc5nc(-c7ccccc7)cc(-c7ccccc7)c56)c4)n3)c2)cc1. The first kappa shape index (κ1) is 36.7. The van der Waals surface area contributed by atoms with E-state index in [1.165, 1.54) is 0 Å². The molecule has 0 saturated heterocycles. The van der Waals surface area contributed by atoms with Crippen molar-refractivity contribution in [1.82, 2.24) is 19.9 Å². The molecule has 0 radical (unpaired) electrons. The van der Waals surface area contributed by atoms with Crippen molar-refractivity contribution in [2.75, 3.05) is 0 Å². The smallest absolute Gasteiger partial charge is 0.164 e. The van der Waals surface area contributed by atoms with Crippen LogP contribution in [0.2, 0.25) is 0 Å². The standard InChI is InChI=1S/C58H38N4/c1-5-17-39(18-6-1)43-25-13-28-46(35-43)56-60-57(47-29-14-26-44(36-47)40-19-7-2-8-20-40)62-58(61-56)48-30-15-27-45(37-48)49-31-16-32-51-50(49)33-34-53-55(51)52(41-21-9-3-10-22-41)38-54(59-53)42-23-11-4-12-24-42/h1-38H. The van der Waals surface area contributed by atoms with Gasteiger partial charge >= 0.3 is 0 Å². The Hall–Kier alpha value is -8.34. The van der Waals surface area contributed by atoms with Gasteiger partial charge in [-0.2, -0.15) is 0 Å². The predicted molar refractivity (Wildman–Crippen MR) is 256 cm³/mol. The number of benzene rings is 9. The topological polar surface area (TPSA) is 51.6 Å². The molecule has 0 fully saturated rings. The average molecular weight is 791 g/mol. The summed E-state index contributed by atoms with van der Waals surface area (Å²) in [7, 11) is 0. The summed E-state index contributed by atoms with van der Waals surface area (Å²) in [6.45, 7) is 0. The highest BCUT2D eigenvalue weighted by atomic mass is 15.0. The highest BCUT2D eigenvalue weighted by Crippen LogP contribution is 2.40. The second kappa shape index (κ2) is 16.0. The van der Waals surface area contributed by atoms with Crippen LogP contribution in [0.1, 0.15) is 0 Å². The molecule has 0 N–H and O–H groups in total. The Bertz CT molecular complexity index is 3280. The van der Waals surface area contributed by atoms with E-state index < -0.39 is 0 Å². The Morgan fingerprint density at radius 3 is 1.18 bits per heavy atom. The molecule has 0 spiro atoms. The van der Waals surface area contributed by atoms with E-state index >= 15 is 0 Å². The van der Waals surface area contributed by atoms with Gasteiger partial charge in [0.1, 0.15) is 0 Å². The molecule has 9 aromatic carbocycles. The van der Waals surface area contributed by atoms with Crippen molar-refractivity contribution in [3.63, 3.8) is 0 Å². The van der Waals surface area contributed by atoms with Gasteiger partial charge in [0.25, 0.3) is 0 Å². The van der Waals surface area contributed by atoms with Gasteiger partial charge in [-0.25, -0.2) is 19.9 Å². The molecule has 62 heavy (non-hydrogen) atoms. The molecule has 0 saturated carbocycles. The van der Waals surface area contributed by atoms with Crippen LogP contribution in [0.25, 0.3) is 112 Å². The molecule has 0 bridgehead atoms. The molecule has 2 aromatic heterocycles. The maximum atomic E-state index is 5.23. The zero-order valence-electron chi connectivity index (χ0n) is 33.7. The number of aromatic nitrogens is 4. The van der Waals surface area contributed by atoms with Crippen molar-refractivity contribution in [1.29, 1.82) is 0 Å². The Kier molecular flexibility index (Phi) is 9.49. The van der Waals surface area contributed by atoms with Gasteiger partial charge in [-0.3, -0.25) is 0 Å². The molecule has 0 atom stereocenters. The predicted octanol–water partition coefficient (Wildman–Crippen LogP) is 14.9. The van der Waals surface area contributed by atoms with E-state index in [-0.39, 0.29) is 0 Å². The van der Waals surface area contributed by atoms with Crippen molar-refractivity contribution in [3.8, 4) is 89.9 Å². The molecule has 0 aliphatic heterocycles. The molecule has 2 heterocycles. The van der Waals surface area contributed by atoms with Gasteiger partial charge in [-0.05, 0) is 85.6 Å². The lowest BCUT2D eigenvalue weighted by Crippen LogP contribution is -2.00. The van der Waals surface area contributed by atoms with Gasteiger partial charge in [0.05, 0.1) is 11.2 Å². The van der Waals surface area contributed by atoms with E-state index in [0.717, 1.165) is 94.1 Å². The molecule has 0 unspecified atom stereocenters. The van der Waals surface area contributed by atoms with E-state index in [4.69, 9.17) is 19.9 Å². The molecule has 0 aliphatic carbocycles. The summed E-state index contributed by atoms with van der Waals surface area (Å²) in [6, 6.07) is 80.5. The van der Waals surface area contributed by atoms with Gasteiger partial charge in [0.2, 0.25) is 0 Å². The monoisotopic (exact) mass is 790 g/mol. The minimum absolute atomic E-state index is 0.608. The minimum atomic E-state index is 0.608. The third-order valence-electron chi connectivity index (χ3n) is 11.5. The highest BCUT2D eigenvalue weighted by molar-refractivity contribution is 6.17. The lowest BCUT2D eigenvalue weighted by atomic mass is 9.91. The lowest BCUT2D eigenvalue weighted by Gasteiger charge is -2.15. The number of hydrogen-bond donors (Lipinski definition) is 0. The maximum Gasteiger partial charge on any atom is 0.164 e. The molecule has 0 amide bonds. The van der Waals surface area contributed by atoms with Crippen molar-refractivity contribution in [2.24, 2.45) is 0 Å². The van der Waals surface area contributed by atoms with Crippen LogP contribution < -0.4 is 0 Å². The zero-order valence-corrected chi connectivity index (χ0v) is 33.7. The summed E-state index contributed by atoms with van der Waals surface area (Å²) in [4.78, 5) is 20.8. The molecule has 290 valence electrons. The van der Waals surface area contributed by atoms with Crippen LogP contribution >= 0.6 is 0 Å². The van der Waals surface area contributed by atoms with E-state index in [1.54, 1.807) is 0 Å². The maximum absolute atomic E-state index is 5.23. The summed E-state index contributed by atoms with van der Waals surface area (Å²) in [5.74, 6) is 1.84. The fraction of sp³-hybridized carbons (Fsp3) is 0. The van der Waals surface area contributed by atoms with Gasteiger partial charge in [-0.1, -0.05) is 200 Å². The fourth-order valence-electron chi connectivity index (χ4n) is 8.47. The molecular weight excluding hydrogens is 753 g/mol. The molecule has 4 heteroatoms. The third kappa shape index (κ3) is 7.10. The first-order chi connectivity index (χ1) is 30.7. The normalized spacial score (nSPS) is 11.2. The summed E-state index contributed by atoms with van der Waals surface area (Å²) < 4.78 is 0. The summed E-state index contributed by atoms with van der Waals surface area (Å²) in [6.07, 6.45) is 0. The fourth-order valence-corrected chi connectivity index (χ4v) is 8.47. The van der Waals surface area contributed by atoms with Crippen LogP contribution in [0.5, 0.6) is 0 Å². The number of nitrogens with zero attached hydrogens (tertiary/aromatic N) is 4. The Morgan fingerprint density at radius 1 is 0.226 bits per heavy atom. The molecule has 11 aromatic rings. The Labute approximate surface area is 360 Å². The van der Waals surface area contributed by atoms with Gasteiger partial charge in [-0.15, -0.1) is 0 Å². The van der Waals surface area contributed by atoms with E-state index in [2.05, 4.69) is 212 Å². The number of fused-ring (bicyclic) bond motifs is 3. The van der Waals surface area contributed by atoms with Crippen LogP contribution in [0, 0.1) is 0 Å². The summed E-state index contributed by atoms with van der Waals surface area (Å²) in [5.41, 5.74) is 14.7. The Balaban J connectivity index is 1.06. The van der Waals surface area contributed by atoms with Crippen LogP contribution in [-0.2, 0) is 0 Å². The van der Waals surface area contributed by atoms with Crippen LogP contribution in [-0.4, -0.2) is 19.9 Å². The number of pyridine rings is 1. The number of rotatable bonds is 8. The molecule has 4 nitrogen and oxygen atoms in total. The Morgan fingerprint density at radius 2 is 0.645 bits per heavy atom. The van der Waals surface area contributed by atoms with E-state index in [9.17, 15) is 0 Å². The molecular formula is C58H38N4. The highest BCUT2D eigenvalue weighted by Gasteiger charge is 2.17. The first-order valence-corrected chi connectivity index (χ1v) is 20.9. The van der Waals surface area contributed by atoms with Crippen LogP contribution in [0.4, 0.5) is 0 Å². The van der Waals surface area contributed by atoms with Crippen molar-refractivity contribution in [2.45, 2.75) is 0 Å². The van der Waals surface area contributed by atoms with Gasteiger partial charge < -0.3 is 0 Å². The van der Waals surface area contributed by atoms with Gasteiger partial charge in [0, 0.05) is 27.6 Å². The molecule has 11 rings (SSSR count). The third-order valence-corrected chi connectivity index (χ3v) is 11.5. The van der Waals surface area contributed by atoms with Crippen molar-refractivity contribution < 1.29 is 0 Å². The zero-order chi connectivity index (χ0) is 41.2. The van der Waals surface area contributed by atoms with E-state index in [1.807, 2.05) is 18.2 Å². The van der Waals surface area contributed by atoms with Crippen molar-refractivity contribution >= 4 is 21.7 Å². The van der Waals surface area contributed by atoms with Crippen molar-refractivity contribution in [3.05, 3.63) is 231 Å². The minimum Gasteiger partial charge on any atom is -0.248 e. The van der Waals surface area contributed by atoms with Gasteiger partial charge in [0.15, 0.2) is 17.5 Å². The second-order valence-electron chi connectivity index (χ2n) is 15.4. The second-order valence-corrected chi connectivity index (χ2v) is 15.4. The van der Waals surface area contributed by atoms with E-state index in [0.29, 0.717) is 17.5 Å². The first-order valence-electron chi connectivity index (χ1n) is 20.9. The number of hydrogen-bond acceptors (Lipinski definition) is 4. The van der Waals surface area contributed by atoms with Crippen LogP contribution in [0.15, 0.2) is 231 Å². The summed E-state index contributed by atoms with van der Waals surface area (Å²) >= 11 is 0. The van der Waals surface area contributed by atoms with Crippen LogP contribution in [0.3, 0.4) is 0 Å². The largest absolute Gasteiger partial charge is 0.248 e. The lowest BCUT2D eigenvalue weighted by molar-refractivity contribution is 1.07. The quantitative estimate of drug-likeness (QED) is 0.144.